The highest BCUT2D eigenvalue weighted by molar-refractivity contribution is 5.96. The molecule has 0 saturated carbocycles. The third kappa shape index (κ3) is 4.92. The van der Waals surface area contributed by atoms with Gasteiger partial charge in [-0.05, 0) is 30.7 Å². The first-order chi connectivity index (χ1) is 11.1. The molecule has 0 fully saturated rings. The number of hydrogen-bond acceptors (Lipinski definition) is 2. The monoisotopic (exact) mass is 314 g/mol. The van der Waals surface area contributed by atoms with Crippen LogP contribution in [0.15, 0.2) is 54.6 Å². The second kappa shape index (κ2) is 8.08. The molecule has 4 nitrogen and oxygen atoms in total. The van der Waals surface area contributed by atoms with Crippen LogP contribution in [0.4, 0.5) is 4.39 Å². The Kier molecular flexibility index (Phi) is 5.86. The second-order valence-electron chi connectivity index (χ2n) is 5.09. The van der Waals surface area contributed by atoms with Gasteiger partial charge in [0.2, 0.25) is 5.91 Å². The Bertz CT molecular complexity index is 674. The van der Waals surface area contributed by atoms with Crippen molar-refractivity contribution < 1.29 is 14.0 Å². The van der Waals surface area contributed by atoms with Gasteiger partial charge in [0.15, 0.2) is 0 Å². The van der Waals surface area contributed by atoms with Gasteiger partial charge in [-0.1, -0.05) is 36.4 Å². The molecule has 0 bridgehead atoms. The molecule has 2 rings (SSSR count). The molecule has 2 amide bonds. The molecular weight excluding hydrogens is 295 g/mol. The Morgan fingerprint density at radius 1 is 1.09 bits per heavy atom. The van der Waals surface area contributed by atoms with Gasteiger partial charge in [0, 0.05) is 18.7 Å². The summed E-state index contributed by atoms with van der Waals surface area (Å²) in [5, 5.41) is 2.53. The van der Waals surface area contributed by atoms with Crippen LogP contribution in [0.3, 0.4) is 0 Å². The van der Waals surface area contributed by atoms with Crippen molar-refractivity contribution in [2.75, 3.05) is 13.1 Å². The Labute approximate surface area is 134 Å². The van der Waals surface area contributed by atoms with Gasteiger partial charge in [0.05, 0.1) is 6.54 Å². The summed E-state index contributed by atoms with van der Waals surface area (Å²) in [6.45, 7) is 2.81. The summed E-state index contributed by atoms with van der Waals surface area (Å²) in [5.74, 6) is -1.13. The molecule has 2 aromatic rings. The Morgan fingerprint density at radius 2 is 1.83 bits per heavy atom. The number of halogens is 1. The standard InChI is InChI=1S/C18H19FN2O2/c1-2-21(13-14-7-4-3-5-8-14)17(22)12-20-18(23)15-9-6-10-16(19)11-15/h3-11H,2,12-13H2,1H3,(H,20,23). The van der Waals surface area contributed by atoms with E-state index in [1.54, 1.807) is 4.90 Å². The lowest BCUT2D eigenvalue weighted by Crippen LogP contribution is -2.39. The molecule has 0 aliphatic carbocycles. The molecular formula is C18H19FN2O2. The molecule has 2 aromatic carbocycles. The number of nitrogens with zero attached hydrogens (tertiary/aromatic N) is 1. The number of nitrogens with one attached hydrogen (secondary N) is 1. The Morgan fingerprint density at radius 3 is 2.48 bits per heavy atom. The molecule has 0 unspecified atom stereocenters. The predicted molar refractivity (Wildman–Crippen MR) is 86.3 cm³/mol. The third-order valence-electron chi connectivity index (χ3n) is 3.44. The Balaban J connectivity index is 1.91. The van der Waals surface area contributed by atoms with Crippen LogP contribution in [0.5, 0.6) is 0 Å². The fraction of sp³-hybridized carbons (Fsp3) is 0.222. The van der Waals surface area contributed by atoms with Crippen molar-refractivity contribution >= 4 is 11.8 Å². The molecule has 0 saturated heterocycles. The van der Waals surface area contributed by atoms with Crippen molar-refractivity contribution in [3.8, 4) is 0 Å². The SMILES string of the molecule is CCN(Cc1ccccc1)C(=O)CNC(=O)c1cccc(F)c1. The number of benzene rings is 2. The summed E-state index contributed by atoms with van der Waals surface area (Å²) < 4.78 is 13.1. The van der Waals surface area contributed by atoms with E-state index in [-0.39, 0.29) is 18.0 Å². The van der Waals surface area contributed by atoms with Gasteiger partial charge in [-0.15, -0.1) is 0 Å². The van der Waals surface area contributed by atoms with Gasteiger partial charge in [0.1, 0.15) is 5.82 Å². The highest BCUT2D eigenvalue weighted by atomic mass is 19.1. The lowest BCUT2D eigenvalue weighted by atomic mass is 10.2. The molecule has 0 aliphatic rings. The van der Waals surface area contributed by atoms with Gasteiger partial charge < -0.3 is 10.2 Å². The van der Waals surface area contributed by atoms with Crippen molar-refractivity contribution in [1.29, 1.82) is 0 Å². The van der Waals surface area contributed by atoms with E-state index in [9.17, 15) is 14.0 Å². The van der Waals surface area contributed by atoms with Gasteiger partial charge in [-0.3, -0.25) is 9.59 Å². The summed E-state index contributed by atoms with van der Waals surface area (Å²) in [5.41, 5.74) is 1.23. The number of rotatable bonds is 6. The van der Waals surface area contributed by atoms with Crippen molar-refractivity contribution in [2.24, 2.45) is 0 Å². The van der Waals surface area contributed by atoms with E-state index in [2.05, 4.69) is 5.32 Å². The summed E-state index contributed by atoms with van der Waals surface area (Å²) in [7, 11) is 0. The smallest absolute Gasteiger partial charge is 0.251 e. The zero-order chi connectivity index (χ0) is 16.7. The number of hydrogen-bond donors (Lipinski definition) is 1. The van der Waals surface area contributed by atoms with E-state index < -0.39 is 11.7 Å². The minimum atomic E-state index is -0.483. The summed E-state index contributed by atoms with van der Waals surface area (Å²) in [4.78, 5) is 25.8. The van der Waals surface area contributed by atoms with E-state index in [0.717, 1.165) is 11.6 Å². The minimum Gasteiger partial charge on any atom is -0.343 e. The van der Waals surface area contributed by atoms with Crippen LogP contribution < -0.4 is 5.32 Å². The summed E-state index contributed by atoms with van der Waals surface area (Å²) in [6, 6.07) is 15.0. The fourth-order valence-electron chi connectivity index (χ4n) is 2.18. The molecule has 23 heavy (non-hydrogen) atoms. The molecule has 5 heteroatoms. The maximum atomic E-state index is 13.1. The van der Waals surface area contributed by atoms with E-state index in [1.807, 2.05) is 37.3 Å². The van der Waals surface area contributed by atoms with Crippen LogP contribution >= 0.6 is 0 Å². The van der Waals surface area contributed by atoms with E-state index in [1.165, 1.54) is 18.2 Å². The first-order valence-electron chi connectivity index (χ1n) is 7.45. The molecule has 0 spiro atoms. The zero-order valence-corrected chi connectivity index (χ0v) is 13.0. The lowest BCUT2D eigenvalue weighted by Gasteiger charge is -2.21. The highest BCUT2D eigenvalue weighted by Crippen LogP contribution is 2.05. The van der Waals surface area contributed by atoms with Gasteiger partial charge in [-0.2, -0.15) is 0 Å². The average Bonchev–Trinajstić information content (AvgIpc) is 2.58. The van der Waals surface area contributed by atoms with Crippen LogP contribution in [-0.4, -0.2) is 29.8 Å². The molecule has 0 aromatic heterocycles. The maximum Gasteiger partial charge on any atom is 0.251 e. The van der Waals surface area contributed by atoms with Crippen LogP contribution in [-0.2, 0) is 11.3 Å². The normalized spacial score (nSPS) is 10.2. The van der Waals surface area contributed by atoms with Crippen LogP contribution in [0.25, 0.3) is 0 Å². The highest BCUT2D eigenvalue weighted by Gasteiger charge is 2.14. The fourth-order valence-corrected chi connectivity index (χ4v) is 2.18. The van der Waals surface area contributed by atoms with Crippen molar-refractivity contribution in [1.82, 2.24) is 10.2 Å². The third-order valence-corrected chi connectivity index (χ3v) is 3.44. The lowest BCUT2D eigenvalue weighted by molar-refractivity contribution is -0.130. The van der Waals surface area contributed by atoms with Crippen molar-refractivity contribution in [3.05, 3.63) is 71.5 Å². The zero-order valence-electron chi connectivity index (χ0n) is 13.0. The van der Waals surface area contributed by atoms with Crippen LogP contribution in [0.2, 0.25) is 0 Å². The molecule has 0 radical (unpaired) electrons. The van der Waals surface area contributed by atoms with Crippen molar-refractivity contribution in [2.45, 2.75) is 13.5 Å². The number of carbonyl (C=O) groups is 2. The number of amides is 2. The number of likely N-dealkylation sites (N-methyl/N-ethyl adjacent to an activating group) is 1. The molecule has 120 valence electrons. The average molecular weight is 314 g/mol. The summed E-state index contributed by atoms with van der Waals surface area (Å²) >= 11 is 0. The molecule has 0 heterocycles. The molecule has 1 N–H and O–H groups in total. The van der Waals surface area contributed by atoms with Crippen LogP contribution in [0, 0.1) is 5.82 Å². The molecule has 0 atom stereocenters. The van der Waals surface area contributed by atoms with E-state index >= 15 is 0 Å². The Hall–Kier alpha value is -2.69. The second-order valence-corrected chi connectivity index (χ2v) is 5.09. The summed E-state index contributed by atoms with van der Waals surface area (Å²) in [6.07, 6.45) is 0. The largest absolute Gasteiger partial charge is 0.343 e. The van der Waals surface area contributed by atoms with Gasteiger partial charge in [-0.25, -0.2) is 4.39 Å². The quantitative estimate of drug-likeness (QED) is 0.891. The molecule has 0 aliphatic heterocycles. The first kappa shape index (κ1) is 16.7. The minimum absolute atomic E-state index is 0.115. The van der Waals surface area contributed by atoms with Gasteiger partial charge in [0.25, 0.3) is 5.91 Å². The van der Waals surface area contributed by atoms with E-state index in [0.29, 0.717) is 13.1 Å². The number of carbonyl (C=O) groups excluding carboxylic acids is 2. The van der Waals surface area contributed by atoms with Gasteiger partial charge >= 0.3 is 0 Å². The van der Waals surface area contributed by atoms with E-state index in [4.69, 9.17) is 0 Å². The van der Waals surface area contributed by atoms with Crippen LogP contribution in [0.1, 0.15) is 22.8 Å². The first-order valence-corrected chi connectivity index (χ1v) is 7.45. The predicted octanol–water partition coefficient (Wildman–Crippen LogP) is 2.60. The topological polar surface area (TPSA) is 49.4 Å². The maximum absolute atomic E-state index is 13.1. The van der Waals surface area contributed by atoms with Crippen molar-refractivity contribution in [3.63, 3.8) is 0 Å².